The molecule has 5 heteroatoms. The summed E-state index contributed by atoms with van der Waals surface area (Å²) in [7, 11) is 2.61. The van der Waals surface area contributed by atoms with E-state index in [1.807, 2.05) is 6.08 Å². The van der Waals surface area contributed by atoms with E-state index in [2.05, 4.69) is 13.2 Å². The Morgan fingerprint density at radius 3 is 2.52 bits per heavy atom. The molecule has 0 saturated heterocycles. The first kappa shape index (κ1) is 17.9. The summed E-state index contributed by atoms with van der Waals surface area (Å²) in [5.41, 5.74) is 1.26. The number of methoxy groups -OCH3 is 2. The van der Waals surface area contributed by atoms with Crippen molar-refractivity contribution in [2.24, 2.45) is 23.7 Å². The zero-order valence-electron chi connectivity index (χ0n) is 14.9. The van der Waals surface area contributed by atoms with Crippen LogP contribution in [-0.4, -0.2) is 36.9 Å². The van der Waals surface area contributed by atoms with Gasteiger partial charge >= 0.3 is 11.9 Å². The Kier molecular flexibility index (Phi) is 4.62. The van der Waals surface area contributed by atoms with Gasteiger partial charge in [0.05, 0.1) is 31.7 Å². The molecular formula is C20H26O5. The van der Waals surface area contributed by atoms with Crippen molar-refractivity contribution >= 4 is 11.9 Å². The fourth-order valence-electron chi connectivity index (χ4n) is 5.07. The van der Waals surface area contributed by atoms with E-state index < -0.39 is 29.4 Å². The molecule has 5 atom stereocenters. The van der Waals surface area contributed by atoms with Gasteiger partial charge in [-0.3, -0.25) is 9.59 Å². The molecule has 0 bridgehead atoms. The van der Waals surface area contributed by atoms with Crippen LogP contribution in [-0.2, 0) is 19.1 Å². The number of fused-ring (bicyclic) bond motifs is 3. The summed E-state index contributed by atoms with van der Waals surface area (Å²) in [6.45, 7) is 8.18. The maximum Gasteiger partial charge on any atom is 0.314 e. The van der Waals surface area contributed by atoms with E-state index in [0.717, 1.165) is 30.4 Å². The predicted octanol–water partition coefficient (Wildman–Crippen LogP) is 2.56. The SMILES string of the molecule is C=C1C=C2[C@H](CC(=C)[C@H]3CCCC[C@]23O)[C@@H](C(=O)OC)[C@@H]1C(=O)OC. The van der Waals surface area contributed by atoms with Crippen molar-refractivity contribution in [3.63, 3.8) is 0 Å². The van der Waals surface area contributed by atoms with Crippen LogP contribution in [0, 0.1) is 23.7 Å². The lowest BCUT2D eigenvalue weighted by Gasteiger charge is -2.53. The Morgan fingerprint density at radius 2 is 1.88 bits per heavy atom. The lowest BCUT2D eigenvalue weighted by atomic mass is 9.54. The Morgan fingerprint density at radius 1 is 1.20 bits per heavy atom. The molecule has 25 heavy (non-hydrogen) atoms. The van der Waals surface area contributed by atoms with E-state index >= 15 is 0 Å². The second-order valence-corrected chi connectivity index (χ2v) is 7.42. The maximum atomic E-state index is 12.6. The van der Waals surface area contributed by atoms with Crippen molar-refractivity contribution in [1.29, 1.82) is 0 Å². The number of aliphatic hydroxyl groups is 1. The average molecular weight is 346 g/mol. The van der Waals surface area contributed by atoms with Gasteiger partial charge in [-0.05, 0) is 30.4 Å². The van der Waals surface area contributed by atoms with E-state index in [1.165, 1.54) is 14.2 Å². The van der Waals surface area contributed by atoms with Crippen LogP contribution in [0.2, 0.25) is 0 Å². The van der Waals surface area contributed by atoms with Crippen LogP contribution in [0.25, 0.3) is 0 Å². The molecule has 0 heterocycles. The first-order valence-corrected chi connectivity index (χ1v) is 8.81. The largest absolute Gasteiger partial charge is 0.469 e. The molecule has 0 unspecified atom stereocenters. The van der Waals surface area contributed by atoms with Crippen LogP contribution in [0.5, 0.6) is 0 Å². The van der Waals surface area contributed by atoms with Gasteiger partial charge in [0.25, 0.3) is 0 Å². The topological polar surface area (TPSA) is 72.8 Å². The molecule has 5 nitrogen and oxygen atoms in total. The summed E-state index contributed by atoms with van der Waals surface area (Å²) in [5.74, 6) is -2.81. The summed E-state index contributed by atoms with van der Waals surface area (Å²) in [4.78, 5) is 24.9. The summed E-state index contributed by atoms with van der Waals surface area (Å²) in [6.07, 6.45) is 5.92. The summed E-state index contributed by atoms with van der Waals surface area (Å²) >= 11 is 0. The van der Waals surface area contributed by atoms with E-state index in [0.29, 0.717) is 18.4 Å². The first-order valence-electron chi connectivity index (χ1n) is 8.81. The molecule has 0 amide bonds. The molecular weight excluding hydrogens is 320 g/mol. The Bertz CT molecular complexity index is 661. The number of allylic oxidation sites excluding steroid dienone is 1. The van der Waals surface area contributed by atoms with E-state index in [-0.39, 0.29) is 11.8 Å². The Labute approximate surface area is 148 Å². The quantitative estimate of drug-likeness (QED) is 0.614. The van der Waals surface area contributed by atoms with Crippen molar-refractivity contribution in [2.75, 3.05) is 14.2 Å². The number of hydrogen-bond acceptors (Lipinski definition) is 5. The number of ether oxygens (including phenoxy) is 2. The molecule has 0 aliphatic heterocycles. The lowest BCUT2D eigenvalue weighted by Crippen LogP contribution is -2.54. The van der Waals surface area contributed by atoms with Crippen molar-refractivity contribution in [3.8, 4) is 0 Å². The van der Waals surface area contributed by atoms with Crippen LogP contribution >= 0.6 is 0 Å². The predicted molar refractivity (Wildman–Crippen MR) is 92.4 cm³/mol. The van der Waals surface area contributed by atoms with Gasteiger partial charge in [0.15, 0.2) is 0 Å². The van der Waals surface area contributed by atoms with Crippen LogP contribution in [0.15, 0.2) is 36.0 Å². The first-order chi connectivity index (χ1) is 11.8. The molecule has 0 aromatic heterocycles. The molecule has 2 fully saturated rings. The van der Waals surface area contributed by atoms with Crippen molar-refractivity contribution in [1.82, 2.24) is 0 Å². The fraction of sp³-hybridized carbons (Fsp3) is 0.600. The van der Waals surface area contributed by atoms with E-state index in [4.69, 9.17) is 9.47 Å². The Balaban J connectivity index is 2.12. The van der Waals surface area contributed by atoms with Gasteiger partial charge < -0.3 is 14.6 Å². The highest BCUT2D eigenvalue weighted by Crippen LogP contribution is 2.56. The number of carbonyl (C=O) groups excluding carboxylic acids is 2. The highest BCUT2D eigenvalue weighted by atomic mass is 16.5. The second kappa shape index (κ2) is 6.45. The third-order valence-electron chi connectivity index (χ3n) is 6.21. The smallest absolute Gasteiger partial charge is 0.314 e. The van der Waals surface area contributed by atoms with Gasteiger partial charge in [0.2, 0.25) is 0 Å². The minimum Gasteiger partial charge on any atom is -0.469 e. The van der Waals surface area contributed by atoms with Gasteiger partial charge in [0.1, 0.15) is 0 Å². The second-order valence-electron chi connectivity index (χ2n) is 7.42. The maximum absolute atomic E-state index is 12.6. The van der Waals surface area contributed by atoms with Gasteiger partial charge in [-0.25, -0.2) is 0 Å². The minimum atomic E-state index is -1.01. The average Bonchev–Trinajstić information content (AvgIpc) is 2.60. The zero-order valence-corrected chi connectivity index (χ0v) is 14.9. The summed E-state index contributed by atoms with van der Waals surface area (Å²) < 4.78 is 9.89. The molecule has 0 aromatic carbocycles. The molecule has 1 N–H and O–H groups in total. The molecule has 3 rings (SSSR count). The monoisotopic (exact) mass is 346 g/mol. The third-order valence-corrected chi connectivity index (χ3v) is 6.21. The van der Waals surface area contributed by atoms with Gasteiger partial charge in [-0.1, -0.05) is 37.6 Å². The van der Waals surface area contributed by atoms with E-state index in [1.54, 1.807) is 0 Å². The summed E-state index contributed by atoms with van der Waals surface area (Å²) in [6, 6.07) is 0. The fourth-order valence-corrected chi connectivity index (χ4v) is 5.07. The molecule has 0 spiro atoms. The highest BCUT2D eigenvalue weighted by molar-refractivity contribution is 5.86. The number of hydrogen-bond donors (Lipinski definition) is 1. The van der Waals surface area contributed by atoms with Gasteiger partial charge in [0, 0.05) is 11.8 Å². The number of esters is 2. The standard InChI is InChI=1S/C20H26O5/c1-11-9-13-15(20(23)8-6-5-7-14(11)20)10-12(2)16(18(21)24-3)17(13)19(22)25-4/h10,13-14,16-17,23H,1-2,5-9H2,3-4H3/t13-,14+,16+,17+,20+/m0/s1. The highest BCUT2D eigenvalue weighted by Gasteiger charge is 2.56. The van der Waals surface area contributed by atoms with Crippen LogP contribution in [0.4, 0.5) is 0 Å². The summed E-state index contributed by atoms with van der Waals surface area (Å²) in [5, 5.41) is 11.5. The van der Waals surface area contributed by atoms with Crippen molar-refractivity contribution in [3.05, 3.63) is 36.0 Å². The normalized spacial score (nSPS) is 37.5. The molecule has 0 aromatic rings. The minimum absolute atomic E-state index is 0.00419. The van der Waals surface area contributed by atoms with E-state index in [9.17, 15) is 14.7 Å². The molecule has 0 radical (unpaired) electrons. The number of rotatable bonds is 2. The van der Waals surface area contributed by atoms with Crippen LogP contribution < -0.4 is 0 Å². The lowest BCUT2D eigenvalue weighted by molar-refractivity contribution is -0.159. The van der Waals surface area contributed by atoms with Crippen molar-refractivity contribution < 1.29 is 24.2 Å². The molecule has 3 aliphatic carbocycles. The number of carbonyl (C=O) groups is 2. The molecule has 2 saturated carbocycles. The van der Waals surface area contributed by atoms with Crippen LogP contribution in [0.3, 0.4) is 0 Å². The molecule has 3 aliphatic rings. The molecule has 136 valence electrons. The Hall–Kier alpha value is -1.88. The van der Waals surface area contributed by atoms with Crippen molar-refractivity contribution in [2.45, 2.75) is 37.7 Å². The zero-order chi connectivity index (χ0) is 18.4. The van der Waals surface area contributed by atoms with Crippen LogP contribution in [0.1, 0.15) is 32.1 Å². The third kappa shape index (κ3) is 2.65. The van der Waals surface area contributed by atoms with Gasteiger partial charge in [-0.15, -0.1) is 0 Å². The van der Waals surface area contributed by atoms with Gasteiger partial charge in [-0.2, -0.15) is 0 Å².